The lowest BCUT2D eigenvalue weighted by Gasteiger charge is -2.05. The summed E-state index contributed by atoms with van der Waals surface area (Å²) in [5.74, 6) is 0. The average Bonchev–Trinajstić information content (AvgIpc) is 3.00. The Hall–Kier alpha value is -2.85. The zero-order valence-electron chi connectivity index (χ0n) is 12.1. The molecule has 5 rings (SSSR count). The third kappa shape index (κ3) is 1.92. The van der Waals surface area contributed by atoms with Gasteiger partial charge in [-0.15, -0.1) is 16.4 Å². The molecule has 0 saturated carbocycles. The quantitative estimate of drug-likeness (QED) is 0.434. The minimum atomic E-state index is 0.957. The van der Waals surface area contributed by atoms with E-state index in [1.165, 1.54) is 10.1 Å². The first-order valence-corrected chi connectivity index (χ1v) is 8.20. The summed E-state index contributed by atoms with van der Waals surface area (Å²) in [4.78, 5) is 4.67. The topological polar surface area (TPSA) is 38.7 Å². The molecule has 3 heterocycles. The molecule has 0 unspecified atom stereocenters. The number of rotatable bonds is 1. The van der Waals surface area contributed by atoms with Crippen molar-refractivity contribution in [3.05, 3.63) is 67.0 Å². The highest BCUT2D eigenvalue weighted by Gasteiger charge is 2.13. The number of pyridine rings is 1. The molecule has 0 atom stereocenters. The van der Waals surface area contributed by atoms with Crippen LogP contribution in [0.15, 0.2) is 67.0 Å². The molecule has 0 amide bonds. The van der Waals surface area contributed by atoms with E-state index in [2.05, 4.69) is 57.6 Å². The average molecular weight is 313 g/mol. The van der Waals surface area contributed by atoms with Gasteiger partial charge in [0.25, 0.3) is 0 Å². The van der Waals surface area contributed by atoms with Crippen LogP contribution >= 0.6 is 11.3 Å². The highest BCUT2D eigenvalue weighted by Crippen LogP contribution is 2.38. The number of benzene rings is 2. The maximum atomic E-state index is 4.67. The van der Waals surface area contributed by atoms with Gasteiger partial charge < -0.3 is 0 Å². The van der Waals surface area contributed by atoms with Crippen LogP contribution in [-0.4, -0.2) is 15.2 Å². The Labute approximate surface area is 136 Å². The molecule has 108 valence electrons. The van der Waals surface area contributed by atoms with Crippen molar-refractivity contribution < 1.29 is 0 Å². The van der Waals surface area contributed by atoms with Crippen molar-refractivity contribution in [1.82, 2.24) is 15.2 Å². The largest absolute Gasteiger partial charge is 0.256 e. The fourth-order valence-corrected chi connectivity index (χ4v) is 4.06. The molecule has 3 nitrogen and oxygen atoms in total. The van der Waals surface area contributed by atoms with Gasteiger partial charge in [-0.25, -0.2) is 0 Å². The Balaban J connectivity index is 1.87. The van der Waals surface area contributed by atoms with Crippen LogP contribution in [0.3, 0.4) is 0 Å². The van der Waals surface area contributed by atoms with Gasteiger partial charge in [-0.3, -0.25) is 4.98 Å². The van der Waals surface area contributed by atoms with Crippen molar-refractivity contribution >= 4 is 42.4 Å². The fraction of sp³-hybridized carbons (Fsp3) is 0. The van der Waals surface area contributed by atoms with Gasteiger partial charge in [0.15, 0.2) is 0 Å². The lowest BCUT2D eigenvalue weighted by atomic mass is 10.0. The molecule has 2 aromatic carbocycles. The third-order valence-corrected chi connectivity index (χ3v) is 5.18. The maximum Gasteiger partial charge on any atom is 0.112 e. The third-order valence-electron chi connectivity index (χ3n) is 4.07. The van der Waals surface area contributed by atoms with E-state index in [9.17, 15) is 0 Å². The summed E-state index contributed by atoms with van der Waals surface area (Å²) < 4.78 is 2.37. The van der Waals surface area contributed by atoms with E-state index in [1.54, 1.807) is 17.5 Å². The van der Waals surface area contributed by atoms with Crippen LogP contribution in [0.2, 0.25) is 0 Å². The Kier molecular flexibility index (Phi) is 2.66. The van der Waals surface area contributed by atoms with Crippen LogP contribution in [-0.2, 0) is 0 Å². The van der Waals surface area contributed by atoms with Crippen LogP contribution in [0, 0.1) is 0 Å². The Morgan fingerprint density at radius 1 is 0.826 bits per heavy atom. The molecular formula is C19H11N3S. The van der Waals surface area contributed by atoms with E-state index in [0.717, 1.165) is 32.2 Å². The van der Waals surface area contributed by atoms with Crippen LogP contribution < -0.4 is 0 Å². The van der Waals surface area contributed by atoms with Gasteiger partial charge in [0.1, 0.15) is 5.52 Å². The molecule has 0 fully saturated rings. The molecule has 0 N–H and O–H groups in total. The van der Waals surface area contributed by atoms with Crippen molar-refractivity contribution in [3.63, 3.8) is 0 Å². The van der Waals surface area contributed by atoms with Gasteiger partial charge in [-0.2, -0.15) is 5.10 Å². The smallest absolute Gasteiger partial charge is 0.112 e. The summed E-state index contributed by atoms with van der Waals surface area (Å²) in [7, 11) is 0. The minimum absolute atomic E-state index is 0.957. The molecule has 0 spiro atoms. The van der Waals surface area contributed by atoms with Gasteiger partial charge in [0, 0.05) is 27.2 Å². The van der Waals surface area contributed by atoms with Crippen molar-refractivity contribution in [3.8, 4) is 11.3 Å². The van der Waals surface area contributed by atoms with Crippen molar-refractivity contribution in [2.75, 3.05) is 0 Å². The predicted molar refractivity (Wildman–Crippen MR) is 95.7 cm³/mol. The van der Waals surface area contributed by atoms with Crippen LogP contribution in [0.5, 0.6) is 0 Å². The van der Waals surface area contributed by atoms with Crippen LogP contribution in [0.25, 0.3) is 42.3 Å². The number of fused-ring (bicyclic) bond motifs is 4. The van der Waals surface area contributed by atoms with Gasteiger partial charge in [-0.1, -0.05) is 36.4 Å². The van der Waals surface area contributed by atoms with E-state index in [1.807, 2.05) is 18.3 Å². The standard InChI is InChI=1S/C19H11N3S/c1-2-5-13-11-20-15(10-12(13)4-1)14-6-3-7-16-18(14)19-17(23-16)8-9-21-22-19/h1-11H. The Bertz CT molecular complexity index is 1180. The Morgan fingerprint density at radius 2 is 1.74 bits per heavy atom. The number of thiophene rings is 1. The first kappa shape index (κ1) is 12.7. The molecule has 3 aromatic heterocycles. The van der Waals surface area contributed by atoms with E-state index in [0.29, 0.717) is 0 Å². The molecule has 0 saturated heterocycles. The number of hydrogen-bond donors (Lipinski definition) is 0. The second-order valence-electron chi connectivity index (χ2n) is 5.44. The number of nitrogens with zero attached hydrogens (tertiary/aromatic N) is 3. The first-order chi connectivity index (χ1) is 11.4. The highest BCUT2D eigenvalue weighted by atomic mass is 32.1. The molecule has 23 heavy (non-hydrogen) atoms. The molecular weight excluding hydrogens is 302 g/mol. The van der Waals surface area contributed by atoms with Gasteiger partial charge >= 0.3 is 0 Å². The summed E-state index contributed by atoms with van der Waals surface area (Å²) >= 11 is 1.74. The Morgan fingerprint density at radius 3 is 2.70 bits per heavy atom. The van der Waals surface area contributed by atoms with Gasteiger partial charge in [-0.05, 0) is 23.6 Å². The normalized spacial score (nSPS) is 11.5. The second kappa shape index (κ2) is 4.83. The number of hydrogen-bond acceptors (Lipinski definition) is 4. The van der Waals surface area contributed by atoms with E-state index in [-0.39, 0.29) is 0 Å². The minimum Gasteiger partial charge on any atom is -0.256 e. The summed E-state index contributed by atoms with van der Waals surface area (Å²) in [6.45, 7) is 0. The van der Waals surface area contributed by atoms with Gasteiger partial charge in [0.2, 0.25) is 0 Å². The van der Waals surface area contributed by atoms with Crippen molar-refractivity contribution in [1.29, 1.82) is 0 Å². The maximum absolute atomic E-state index is 4.67. The lowest BCUT2D eigenvalue weighted by Crippen LogP contribution is -1.86. The SMILES string of the molecule is c1ccc2cc(-c3cccc4sc5ccnnc5c34)ncc2c1. The molecule has 0 aliphatic heterocycles. The lowest BCUT2D eigenvalue weighted by molar-refractivity contribution is 1.08. The summed E-state index contributed by atoms with van der Waals surface area (Å²) in [5.41, 5.74) is 3.04. The zero-order chi connectivity index (χ0) is 15.2. The van der Waals surface area contributed by atoms with Crippen LogP contribution in [0.4, 0.5) is 0 Å². The molecule has 0 aliphatic carbocycles. The first-order valence-electron chi connectivity index (χ1n) is 7.38. The second-order valence-corrected chi connectivity index (χ2v) is 6.53. The molecule has 5 aromatic rings. The molecule has 4 heteroatoms. The number of aromatic nitrogens is 3. The zero-order valence-corrected chi connectivity index (χ0v) is 12.9. The predicted octanol–water partition coefficient (Wildman–Crippen LogP) is 5.06. The van der Waals surface area contributed by atoms with Gasteiger partial charge in [0.05, 0.1) is 16.6 Å². The van der Waals surface area contributed by atoms with E-state index < -0.39 is 0 Å². The van der Waals surface area contributed by atoms with E-state index >= 15 is 0 Å². The van der Waals surface area contributed by atoms with Crippen LogP contribution in [0.1, 0.15) is 0 Å². The monoisotopic (exact) mass is 313 g/mol. The molecule has 0 aliphatic rings. The molecule has 0 radical (unpaired) electrons. The van der Waals surface area contributed by atoms with Crippen molar-refractivity contribution in [2.45, 2.75) is 0 Å². The molecule has 0 bridgehead atoms. The highest BCUT2D eigenvalue weighted by molar-refractivity contribution is 7.25. The van der Waals surface area contributed by atoms with E-state index in [4.69, 9.17) is 0 Å². The fourth-order valence-electron chi connectivity index (χ4n) is 3.00. The van der Waals surface area contributed by atoms with Crippen molar-refractivity contribution in [2.24, 2.45) is 0 Å². The summed E-state index contributed by atoms with van der Waals surface area (Å²) in [6, 6.07) is 18.8. The summed E-state index contributed by atoms with van der Waals surface area (Å²) in [6.07, 6.45) is 3.68. The summed E-state index contributed by atoms with van der Waals surface area (Å²) in [5, 5.41) is 11.9.